The van der Waals surface area contributed by atoms with Gasteiger partial charge < -0.3 is 25.3 Å². The van der Waals surface area contributed by atoms with Crippen molar-refractivity contribution in [1.29, 1.82) is 0 Å². The van der Waals surface area contributed by atoms with E-state index in [4.69, 9.17) is 4.74 Å². The molecular weight excluding hydrogens is 396 g/mol. The third-order valence-corrected chi connectivity index (χ3v) is 5.43. The number of aromatic nitrogens is 1. The summed E-state index contributed by atoms with van der Waals surface area (Å²) in [5, 5.41) is 6.49. The van der Waals surface area contributed by atoms with Crippen molar-refractivity contribution in [2.45, 2.75) is 6.42 Å². The first-order chi connectivity index (χ1) is 15.1. The normalized spacial score (nSPS) is 15.8. The molecule has 2 heterocycles. The number of benzene rings is 2. The number of nitrogens with one attached hydrogen (secondary N) is 3. The highest BCUT2D eigenvalue weighted by molar-refractivity contribution is 6.06. The molecule has 3 amide bonds. The first-order valence-corrected chi connectivity index (χ1v) is 10.1. The Hall–Kier alpha value is -3.81. The number of hydrogen-bond acceptors (Lipinski definition) is 4. The van der Waals surface area contributed by atoms with Crippen LogP contribution in [0.5, 0.6) is 5.75 Å². The maximum absolute atomic E-state index is 12.5. The molecule has 0 radical (unpaired) electrons. The second-order valence-corrected chi connectivity index (χ2v) is 7.39. The van der Waals surface area contributed by atoms with Gasteiger partial charge in [0.1, 0.15) is 5.75 Å². The Labute approximate surface area is 179 Å². The predicted octanol–water partition coefficient (Wildman–Crippen LogP) is 2.08. The summed E-state index contributed by atoms with van der Waals surface area (Å²) in [6.45, 7) is 0.925. The molecule has 4 rings (SSSR count). The van der Waals surface area contributed by atoms with E-state index in [0.29, 0.717) is 30.9 Å². The van der Waals surface area contributed by atoms with E-state index in [0.717, 1.165) is 16.6 Å². The molecule has 0 saturated carbocycles. The van der Waals surface area contributed by atoms with Crippen molar-refractivity contribution >= 4 is 34.3 Å². The van der Waals surface area contributed by atoms with Crippen molar-refractivity contribution in [3.05, 3.63) is 60.3 Å². The maximum atomic E-state index is 12.5. The summed E-state index contributed by atoms with van der Waals surface area (Å²) in [5.41, 5.74) is 2.22. The average Bonchev–Trinajstić information content (AvgIpc) is 3.43. The molecule has 0 bridgehead atoms. The van der Waals surface area contributed by atoms with Crippen molar-refractivity contribution in [1.82, 2.24) is 15.6 Å². The lowest BCUT2D eigenvalue weighted by Crippen LogP contribution is -2.38. The SMILES string of the molecule is COc1ccc(N2C[C@@H](C(=O)NCCNC(=O)c3cccc4[nH]ccc34)CC2=O)cc1. The van der Waals surface area contributed by atoms with Crippen LogP contribution in [0.15, 0.2) is 54.7 Å². The summed E-state index contributed by atoms with van der Waals surface area (Å²) in [6, 6.07) is 14.5. The number of rotatable bonds is 7. The summed E-state index contributed by atoms with van der Waals surface area (Å²) in [6.07, 6.45) is 1.96. The Kier molecular flexibility index (Phi) is 5.88. The molecule has 3 aromatic rings. The van der Waals surface area contributed by atoms with Gasteiger partial charge in [0, 0.05) is 54.4 Å². The van der Waals surface area contributed by atoms with Crippen LogP contribution in [0, 0.1) is 5.92 Å². The van der Waals surface area contributed by atoms with Crippen LogP contribution < -0.4 is 20.3 Å². The minimum Gasteiger partial charge on any atom is -0.497 e. The minimum atomic E-state index is -0.418. The highest BCUT2D eigenvalue weighted by Gasteiger charge is 2.34. The Bertz CT molecular complexity index is 1110. The molecule has 160 valence electrons. The maximum Gasteiger partial charge on any atom is 0.252 e. The van der Waals surface area contributed by atoms with Crippen LogP contribution in [-0.2, 0) is 9.59 Å². The number of nitrogens with zero attached hydrogens (tertiary/aromatic N) is 1. The van der Waals surface area contributed by atoms with Gasteiger partial charge in [-0.3, -0.25) is 14.4 Å². The monoisotopic (exact) mass is 420 g/mol. The molecule has 8 nitrogen and oxygen atoms in total. The summed E-state index contributed by atoms with van der Waals surface area (Å²) in [4.78, 5) is 42.0. The number of fused-ring (bicyclic) bond motifs is 1. The van der Waals surface area contributed by atoms with Crippen LogP contribution >= 0.6 is 0 Å². The highest BCUT2D eigenvalue weighted by atomic mass is 16.5. The summed E-state index contributed by atoms with van der Waals surface area (Å²) < 4.78 is 5.14. The molecule has 1 saturated heterocycles. The van der Waals surface area contributed by atoms with Gasteiger partial charge in [-0.05, 0) is 42.5 Å². The highest BCUT2D eigenvalue weighted by Crippen LogP contribution is 2.26. The van der Waals surface area contributed by atoms with Crippen molar-refractivity contribution in [3.63, 3.8) is 0 Å². The lowest BCUT2D eigenvalue weighted by molar-refractivity contribution is -0.126. The van der Waals surface area contributed by atoms with Crippen LogP contribution in [0.3, 0.4) is 0 Å². The van der Waals surface area contributed by atoms with Gasteiger partial charge in [-0.15, -0.1) is 0 Å². The number of amides is 3. The number of aromatic amines is 1. The largest absolute Gasteiger partial charge is 0.497 e. The van der Waals surface area contributed by atoms with Crippen molar-refractivity contribution < 1.29 is 19.1 Å². The molecule has 1 aliphatic rings. The second-order valence-electron chi connectivity index (χ2n) is 7.39. The predicted molar refractivity (Wildman–Crippen MR) is 117 cm³/mol. The molecule has 0 spiro atoms. The number of hydrogen-bond donors (Lipinski definition) is 3. The Morgan fingerprint density at radius 2 is 1.87 bits per heavy atom. The van der Waals surface area contributed by atoms with Crippen molar-refractivity contribution in [2.24, 2.45) is 5.92 Å². The van der Waals surface area contributed by atoms with Gasteiger partial charge in [0.15, 0.2) is 0 Å². The van der Waals surface area contributed by atoms with E-state index in [1.165, 1.54) is 0 Å². The molecular formula is C23H24N4O4. The number of ether oxygens (including phenoxy) is 1. The van der Waals surface area contributed by atoms with Crippen LogP contribution in [0.4, 0.5) is 5.69 Å². The molecule has 0 unspecified atom stereocenters. The third-order valence-electron chi connectivity index (χ3n) is 5.43. The summed E-state index contributed by atoms with van der Waals surface area (Å²) >= 11 is 0. The van der Waals surface area contributed by atoms with Gasteiger partial charge in [0.05, 0.1) is 13.0 Å². The summed E-state index contributed by atoms with van der Waals surface area (Å²) in [7, 11) is 1.58. The van der Waals surface area contributed by atoms with Crippen molar-refractivity contribution in [2.75, 3.05) is 31.6 Å². The number of carbonyl (C=O) groups excluding carboxylic acids is 3. The Morgan fingerprint density at radius 3 is 2.65 bits per heavy atom. The Balaban J connectivity index is 1.26. The molecule has 1 aromatic heterocycles. The Morgan fingerprint density at radius 1 is 1.10 bits per heavy atom. The third kappa shape index (κ3) is 4.37. The van der Waals surface area contributed by atoms with E-state index in [9.17, 15) is 14.4 Å². The van der Waals surface area contributed by atoms with Gasteiger partial charge in [0.2, 0.25) is 11.8 Å². The van der Waals surface area contributed by atoms with Crippen LogP contribution in [0.2, 0.25) is 0 Å². The lowest BCUT2D eigenvalue weighted by atomic mass is 10.1. The first kappa shape index (κ1) is 20.5. The minimum absolute atomic E-state index is 0.0850. The molecule has 1 atom stereocenters. The summed E-state index contributed by atoms with van der Waals surface area (Å²) in [5.74, 6) is -0.177. The topological polar surface area (TPSA) is 104 Å². The molecule has 1 aliphatic heterocycles. The fourth-order valence-corrected chi connectivity index (χ4v) is 3.78. The van der Waals surface area contributed by atoms with E-state index in [-0.39, 0.29) is 24.1 Å². The van der Waals surface area contributed by atoms with E-state index in [2.05, 4.69) is 15.6 Å². The lowest BCUT2D eigenvalue weighted by Gasteiger charge is -2.17. The standard InChI is InChI=1S/C23H24N4O4/c1-31-17-7-5-16(6-8-17)27-14-15(13-21(27)28)22(29)25-11-12-26-23(30)19-3-2-4-20-18(19)9-10-24-20/h2-10,15,24H,11-14H2,1H3,(H,25,29)(H,26,30)/t15-/m0/s1. The number of methoxy groups -OCH3 is 1. The van der Waals surface area contributed by atoms with E-state index >= 15 is 0 Å². The van der Waals surface area contributed by atoms with Gasteiger partial charge in [-0.1, -0.05) is 6.07 Å². The fraction of sp³-hybridized carbons (Fsp3) is 0.261. The van der Waals surface area contributed by atoms with Crippen LogP contribution in [0.25, 0.3) is 10.9 Å². The van der Waals surface area contributed by atoms with E-state index in [1.54, 1.807) is 48.5 Å². The fourth-order valence-electron chi connectivity index (χ4n) is 3.78. The molecule has 0 aliphatic carbocycles. The van der Waals surface area contributed by atoms with Gasteiger partial charge in [-0.2, -0.15) is 0 Å². The zero-order valence-electron chi connectivity index (χ0n) is 17.2. The number of H-pyrrole nitrogens is 1. The zero-order chi connectivity index (χ0) is 21.8. The smallest absolute Gasteiger partial charge is 0.252 e. The number of anilines is 1. The van der Waals surface area contributed by atoms with Gasteiger partial charge >= 0.3 is 0 Å². The molecule has 3 N–H and O–H groups in total. The van der Waals surface area contributed by atoms with Crippen LogP contribution in [0.1, 0.15) is 16.8 Å². The quantitative estimate of drug-likeness (QED) is 0.509. The molecule has 2 aromatic carbocycles. The van der Waals surface area contributed by atoms with E-state index in [1.807, 2.05) is 18.2 Å². The van der Waals surface area contributed by atoms with E-state index < -0.39 is 5.92 Å². The van der Waals surface area contributed by atoms with Crippen molar-refractivity contribution in [3.8, 4) is 5.75 Å². The van der Waals surface area contributed by atoms with Gasteiger partial charge in [0.25, 0.3) is 5.91 Å². The molecule has 1 fully saturated rings. The van der Waals surface area contributed by atoms with Gasteiger partial charge in [-0.25, -0.2) is 0 Å². The number of carbonyl (C=O) groups is 3. The average molecular weight is 420 g/mol. The molecule has 31 heavy (non-hydrogen) atoms. The molecule has 8 heteroatoms. The zero-order valence-corrected chi connectivity index (χ0v) is 17.2. The first-order valence-electron chi connectivity index (χ1n) is 10.1. The van der Waals surface area contributed by atoms with Crippen LogP contribution in [-0.4, -0.2) is 49.4 Å². The second kappa shape index (κ2) is 8.91.